The van der Waals surface area contributed by atoms with Gasteiger partial charge in [-0.05, 0) is 56.7 Å². The standard InChI is InChI=1S/C17H21BN2O/c1-11-13(6-5-7-16(11)19-4)14-9-8-12(18)10-15(14)17(2,3)20-21/h5-8,10,14H,4,9,18H2,1-3H3. The van der Waals surface area contributed by atoms with Crippen molar-refractivity contribution in [3.05, 3.63) is 57.4 Å². The molecule has 0 saturated heterocycles. The molecule has 3 nitrogen and oxygen atoms in total. The number of hydrogen-bond acceptors (Lipinski definition) is 3. The van der Waals surface area contributed by atoms with Crippen LogP contribution in [0, 0.1) is 11.8 Å². The van der Waals surface area contributed by atoms with E-state index in [1.807, 2.05) is 26.0 Å². The van der Waals surface area contributed by atoms with Crippen molar-refractivity contribution in [3.63, 3.8) is 0 Å². The highest BCUT2D eigenvalue weighted by Gasteiger charge is 2.33. The molecule has 4 heteroatoms. The zero-order valence-electron chi connectivity index (χ0n) is 13.2. The number of aliphatic imine (C=N–C) groups is 1. The lowest BCUT2D eigenvalue weighted by Crippen LogP contribution is -2.26. The smallest absolute Gasteiger partial charge is 0.138 e. The number of allylic oxidation sites excluding steroid dienone is 3. The van der Waals surface area contributed by atoms with Gasteiger partial charge in [0.15, 0.2) is 0 Å². The summed E-state index contributed by atoms with van der Waals surface area (Å²) in [7, 11) is 2.06. The van der Waals surface area contributed by atoms with Gasteiger partial charge < -0.3 is 0 Å². The summed E-state index contributed by atoms with van der Waals surface area (Å²) in [6, 6.07) is 6.07. The molecule has 1 aromatic rings. The maximum atomic E-state index is 11.3. The summed E-state index contributed by atoms with van der Waals surface area (Å²) >= 11 is 0. The fourth-order valence-corrected chi connectivity index (χ4v) is 2.98. The molecule has 0 aromatic heterocycles. The number of benzene rings is 1. The van der Waals surface area contributed by atoms with Crippen molar-refractivity contribution < 1.29 is 0 Å². The lowest BCUT2D eigenvalue weighted by Gasteiger charge is -2.32. The fraction of sp³-hybridized carbons (Fsp3) is 0.353. The van der Waals surface area contributed by atoms with E-state index in [2.05, 4.69) is 49.9 Å². The second-order valence-corrected chi connectivity index (χ2v) is 6.14. The SMILES string of the molecule is BC1=CCC(c2cccc(N=C)c2C)C(C(C)(C)N=O)=C1. The summed E-state index contributed by atoms with van der Waals surface area (Å²) in [5.41, 5.74) is 4.78. The van der Waals surface area contributed by atoms with E-state index in [0.717, 1.165) is 23.2 Å². The van der Waals surface area contributed by atoms with Crippen molar-refractivity contribution >= 4 is 20.3 Å². The number of nitrogens with zero attached hydrogens (tertiary/aromatic N) is 2. The maximum Gasteiger partial charge on any atom is 0.138 e. The Hall–Kier alpha value is -1.97. The molecule has 108 valence electrons. The molecule has 0 saturated carbocycles. The molecule has 21 heavy (non-hydrogen) atoms. The molecule has 2 rings (SSSR count). The summed E-state index contributed by atoms with van der Waals surface area (Å²) in [6.07, 6.45) is 5.20. The third-order valence-corrected chi connectivity index (χ3v) is 4.26. The second kappa shape index (κ2) is 5.80. The summed E-state index contributed by atoms with van der Waals surface area (Å²) in [5.74, 6) is 0.170. The molecule has 0 amide bonds. The number of nitroso groups, excluding NO2 is 1. The van der Waals surface area contributed by atoms with Gasteiger partial charge in [-0.15, -0.1) is 4.91 Å². The van der Waals surface area contributed by atoms with Gasteiger partial charge in [-0.2, -0.15) is 0 Å². The van der Waals surface area contributed by atoms with Crippen molar-refractivity contribution in [2.75, 3.05) is 0 Å². The molecule has 1 unspecified atom stereocenters. The molecular weight excluding hydrogens is 259 g/mol. The first-order valence-corrected chi connectivity index (χ1v) is 7.20. The quantitative estimate of drug-likeness (QED) is 0.470. The Bertz CT molecular complexity index is 644. The fourth-order valence-electron chi connectivity index (χ4n) is 2.98. The third kappa shape index (κ3) is 2.89. The highest BCUT2D eigenvalue weighted by Crippen LogP contribution is 2.42. The molecule has 1 aliphatic carbocycles. The van der Waals surface area contributed by atoms with Crippen LogP contribution < -0.4 is 0 Å². The topological polar surface area (TPSA) is 41.8 Å². The van der Waals surface area contributed by atoms with E-state index in [0.29, 0.717) is 0 Å². The average molecular weight is 280 g/mol. The van der Waals surface area contributed by atoms with E-state index in [4.69, 9.17) is 0 Å². The van der Waals surface area contributed by atoms with Crippen molar-refractivity contribution in [2.45, 2.75) is 38.6 Å². The second-order valence-electron chi connectivity index (χ2n) is 6.14. The Morgan fingerprint density at radius 2 is 2.10 bits per heavy atom. The first-order chi connectivity index (χ1) is 9.90. The van der Waals surface area contributed by atoms with Gasteiger partial charge in [-0.1, -0.05) is 34.9 Å². The molecule has 1 aliphatic rings. The Labute approximate surface area is 127 Å². The van der Waals surface area contributed by atoms with E-state index in [9.17, 15) is 4.91 Å². The molecular formula is C17H21BN2O. The van der Waals surface area contributed by atoms with Gasteiger partial charge in [0.25, 0.3) is 0 Å². The van der Waals surface area contributed by atoms with Gasteiger partial charge in [0, 0.05) is 5.92 Å². The van der Waals surface area contributed by atoms with Crippen LogP contribution in [0.4, 0.5) is 5.69 Å². The van der Waals surface area contributed by atoms with Crippen molar-refractivity contribution in [1.29, 1.82) is 0 Å². The van der Waals surface area contributed by atoms with Crippen LogP contribution in [-0.2, 0) is 0 Å². The molecule has 0 N–H and O–H groups in total. The van der Waals surface area contributed by atoms with E-state index in [1.165, 1.54) is 11.0 Å². The lowest BCUT2D eigenvalue weighted by atomic mass is 9.71. The maximum absolute atomic E-state index is 11.3. The molecule has 0 fully saturated rings. The minimum Gasteiger partial charge on any atom is -0.264 e. The predicted octanol–water partition coefficient (Wildman–Crippen LogP) is 3.80. The molecule has 0 bridgehead atoms. The van der Waals surface area contributed by atoms with Gasteiger partial charge >= 0.3 is 0 Å². The summed E-state index contributed by atoms with van der Waals surface area (Å²) in [4.78, 5) is 15.4. The minimum atomic E-state index is -0.704. The van der Waals surface area contributed by atoms with Crippen LogP contribution in [-0.4, -0.2) is 20.1 Å². The Balaban J connectivity index is 2.56. The molecule has 1 aromatic carbocycles. The van der Waals surface area contributed by atoms with Crippen LogP contribution in [0.5, 0.6) is 0 Å². The molecule has 1 atom stereocenters. The summed E-state index contributed by atoms with van der Waals surface area (Å²) in [6.45, 7) is 9.44. The van der Waals surface area contributed by atoms with Gasteiger partial charge in [-0.3, -0.25) is 4.99 Å². The normalized spacial score (nSPS) is 18.7. The molecule has 0 heterocycles. The van der Waals surface area contributed by atoms with Gasteiger partial charge in [0.1, 0.15) is 13.4 Å². The van der Waals surface area contributed by atoms with Crippen molar-refractivity contribution in [3.8, 4) is 0 Å². The molecule has 0 spiro atoms. The van der Waals surface area contributed by atoms with Crippen LogP contribution in [0.2, 0.25) is 0 Å². The lowest BCUT2D eigenvalue weighted by molar-refractivity contribution is 0.547. The first-order valence-electron chi connectivity index (χ1n) is 7.20. The summed E-state index contributed by atoms with van der Waals surface area (Å²) < 4.78 is 0. The Kier molecular flexibility index (Phi) is 4.26. The van der Waals surface area contributed by atoms with Crippen molar-refractivity contribution in [1.82, 2.24) is 0 Å². The van der Waals surface area contributed by atoms with Crippen LogP contribution in [0.15, 0.2) is 51.6 Å². The Morgan fingerprint density at radius 3 is 2.71 bits per heavy atom. The van der Waals surface area contributed by atoms with E-state index in [1.54, 1.807) is 0 Å². The minimum absolute atomic E-state index is 0.170. The van der Waals surface area contributed by atoms with Crippen LogP contribution in [0.3, 0.4) is 0 Å². The zero-order valence-corrected chi connectivity index (χ0v) is 13.2. The molecule has 0 aliphatic heterocycles. The Morgan fingerprint density at radius 1 is 1.38 bits per heavy atom. The van der Waals surface area contributed by atoms with Gasteiger partial charge in [-0.25, -0.2) is 0 Å². The van der Waals surface area contributed by atoms with Gasteiger partial charge in [0.05, 0.1) is 5.69 Å². The van der Waals surface area contributed by atoms with E-state index < -0.39 is 5.54 Å². The zero-order chi connectivity index (χ0) is 15.6. The van der Waals surface area contributed by atoms with Crippen molar-refractivity contribution in [2.24, 2.45) is 10.2 Å². The third-order valence-electron chi connectivity index (χ3n) is 4.26. The number of rotatable bonds is 4. The summed E-state index contributed by atoms with van der Waals surface area (Å²) in [5, 5.41) is 3.35. The van der Waals surface area contributed by atoms with Crippen LogP contribution in [0.25, 0.3) is 0 Å². The van der Waals surface area contributed by atoms with Crippen LogP contribution >= 0.6 is 0 Å². The monoisotopic (exact) mass is 280 g/mol. The van der Waals surface area contributed by atoms with E-state index >= 15 is 0 Å². The van der Waals surface area contributed by atoms with Gasteiger partial charge in [0.2, 0.25) is 0 Å². The number of hydrogen-bond donors (Lipinski definition) is 0. The predicted molar refractivity (Wildman–Crippen MR) is 92.3 cm³/mol. The average Bonchev–Trinajstić information content (AvgIpc) is 2.48. The van der Waals surface area contributed by atoms with E-state index in [-0.39, 0.29) is 5.92 Å². The highest BCUT2D eigenvalue weighted by molar-refractivity contribution is 6.23. The molecule has 0 radical (unpaired) electrons. The highest BCUT2D eigenvalue weighted by atomic mass is 16.3. The largest absolute Gasteiger partial charge is 0.264 e. The van der Waals surface area contributed by atoms with Crippen LogP contribution in [0.1, 0.15) is 37.3 Å². The first kappa shape index (κ1) is 15.4.